The van der Waals surface area contributed by atoms with Crippen LogP contribution in [0.1, 0.15) is 44.6 Å². The predicted molar refractivity (Wildman–Crippen MR) is 78.4 cm³/mol. The highest BCUT2D eigenvalue weighted by atomic mass is 19.1. The Bertz CT molecular complexity index is 520. The van der Waals surface area contributed by atoms with Gasteiger partial charge in [0.1, 0.15) is 17.7 Å². The van der Waals surface area contributed by atoms with Crippen molar-refractivity contribution >= 4 is 11.9 Å². The van der Waals surface area contributed by atoms with Gasteiger partial charge in [-0.3, -0.25) is 4.79 Å². The second kappa shape index (κ2) is 9.12. The molecule has 0 aromatic heterocycles. The van der Waals surface area contributed by atoms with Crippen LogP contribution in [0.3, 0.4) is 0 Å². The molecule has 0 aliphatic carbocycles. The molecule has 1 amide bonds. The van der Waals surface area contributed by atoms with E-state index in [4.69, 9.17) is 5.11 Å². The van der Waals surface area contributed by atoms with Crippen LogP contribution in [0.15, 0.2) is 18.2 Å². The lowest BCUT2D eigenvalue weighted by Gasteiger charge is -2.14. The van der Waals surface area contributed by atoms with Gasteiger partial charge in [0, 0.05) is 6.42 Å². The Morgan fingerprint density at radius 1 is 1.27 bits per heavy atom. The summed E-state index contributed by atoms with van der Waals surface area (Å²) < 4.78 is 26.4. The number of rotatable bonds is 9. The summed E-state index contributed by atoms with van der Waals surface area (Å²) in [6.07, 6.45) is 2.57. The Morgan fingerprint density at radius 3 is 2.64 bits per heavy atom. The predicted octanol–water partition coefficient (Wildman–Crippen LogP) is 3.05. The molecule has 122 valence electrons. The number of halogens is 2. The Kier molecular flexibility index (Phi) is 7.49. The van der Waals surface area contributed by atoms with Gasteiger partial charge in [0.05, 0.1) is 0 Å². The largest absolute Gasteiger partial charge is 0.480 e. The van der Waals surface area contributed by atoms with Gasteiger partial charge in [-0.15, -0.1) is 0 Å². The van der Waals surface area contributed by atoms with Gasteiger partial charge in [-0.25, -0.2) is 13.6 Å². The van der Waals surface area contributed by atoms with Gasteiger partial charge in [0.2, 0.25) is 5.91 Å². The summed E-state index contributed by atoms with van der Waals surface area (Å²) in [6.45, 7) is 1.94. The maximum atomic E-state index is 13.4. The first-order chi connectivity index (χ1) is 10.4. The Balaban J connectivity index is 2.41. The first-order valence-corrected chi connectivity index (χ1v) is 7.40. The first-order valence-electron chi connectivity index (χ1n) is 7.40. The van der Waals surface area contributed by atoms with Crippen molar-refractivity contribution in [1.82, 2.24) is 5.32 Å². The maximum Gasteiger partial charge on any atom is 0.326 e. The molecule has 0 aliphatic heterocycles. The second-order valence-electron chi connectivity index (χ2n) is 5.19. The minimum atomic E-state index is -1.06. The molecule has 0 spiro atoms. The van der Waals surface area contributed by atoms with Crippen LogP contribution in [0.25, 0.3) is 0 Å². The molecule has 1 atom stereocenters. The van der Waals surface area contributed by atoms with Gasteiger partial charge in [-0.05, 0) is 43.0 Å². The number of unbranched alkanes of at least 4 members (excludes halogenated alkanes) is 1. The molecule has 4 nitrogen and oxygen atoms in total. The van der Waals surface area contributed by atoms with Crippen LogP contribution in [0.5, 0.6) is 0 Å². The van der Waals surface area contributed by atoms with Crippen molar-refractivity contribution in [3.05, 3.63) is 35.4 Å². The molecule has 0 radical (unpaired) electrons. The molecule has 1 rings (SSSR count). The number of carboxylic acids is 1. The summed E-state index contributed by atoms with van der Waals surface area (Å²) in [5.74, 6) is -2.47. The average Bonchev–Trinajstić information content (AvgIpc) is 2.46. The third-order valence-electron chi connectivity index (χ3n) is 3.34. The minimum Gasteiger partial charge on any atom is -0.480 e. The van der Waals surface area contributed by atoms with E-state index in [0.29, 0.717) is 19.3 Å². The van der Waals surface area contributed by atoms with E-state index >= 15 is 0 Å². The highest BCUT2D eigenvalue weighted by Crippen LogP contribution is 2.12. The van der Waals surface area contributed by atoms with Gasteiger partial charge in [0.25, 0.3) is 0 Å². The molecule has 2 N–H and O–H groups in total. The Hall–Kier alpha value is -1.98. The lowest BCUT2D eigenvalue weighted by molar-refractivity contribution is -0.142. The fourth-order valence-electron chi connectivity index (χ4n) is 2.11. The van der Waals surface area contributed by atoms with E-state index in [9.17, 15) is 18.4 Å². The summed E-state index contributed by atoms with van der Waals surface area (Å²) in [6, 6.07) is 2.31. The van der Waals surface area contributed by atoms with Gasteiger partial charge < -0.3 is 10.4 Å². The topological polar surface area (TPSA) is 66.4 Å². The number of aliphatic carboxylic acids is 1. The van der Waals surface area contributed by atoms with E-state index in [1.54, 1.807) is 0 Å². The quantitative estimate of drug-likeness (QED) is 0.736. The normalized spacial score (nSPS) is 12.0. The molecule has 0 saturated carbocycles. The van der Waals surface area contributed by atoms with E-state index in [1.165, 1.54) is 0 Å². The van der Waals surface area contributed by atoms with Crippen molar-refractivity contribution in [2.75, 3.05) is 0 Å². The number of benzene rings is 1. The molecule has 0 saturated heterocycles. The summed E-state index contributed by atoms with van der Waals surface area (Å²) in [4.78, 5) is 22.7. The number of carbonyl (C=O) groups is 2. The van der Waals surface area contributed by atoms with Crippen molar-refractivity contribution in [3.8, 4) is 0 Å². The van der Waals surface area contributed by atoms with E-state index in [-0.39, 0.29) is 24.3 Å². The lowest BCUT2D eigenvalue weighted by atomic mass is 10.1. The second-order valence-corrected chi connectivity index (χ2v) is 5.19. The Morgan fingerprint density at radius 2 is 2.00 bits per heavy atom. The van der Waals surface area contributed by atoms with Gasteiger partial charge in [0.15, 0.2) is 0 Å². The van der Waals surface area contributed by atoms with Crippen LogP contribution in [0.2, 0.25) is 0 Å². The number of amides is 1. The first kappa shape index (κ1) is 18.1. The van der Waals surface area contributed by atoms with Gasteiger partial charge in [-0.2, -0.15) is 0 Å². The van der Waals surface area contributed by atoms with Crippen LogP contribution in [-0.2, 0) is 16.0 Å². The summed E-state index contributed by atoms with van der Waals surface area (Å²) in [7, 11) is 0. The number of aryl methyl sites for hydroxylation is 1. The standard InChI is InChI=1S/C16H21F2NO3/c1-2-3-6-14(16(21)22)19-15(20)7-4-5-11-10-12(17)8-9-13(11)18/h8-10,14H,2-7H2,1H3,(H,19,20)(H,21,22). The van der Waals surface area contributed by atoms with E-state index in [2.05, 4.69) is 5.32 Å². The fraction of sp³-hybridized carbons (Fsp3) is 0.500. The van der Waals surface area contributed by atoms with Crippen LogP contribution in [-0.4, -0.2) is 23.0 Å². The molecule has 1 aromatic carbocycles. The summed E-state index contributed by atoms with van der Waals surface area (Å²) >= 11 is 0. The number of carbonyl (C=O) groups excluding carboxylic acids is 1. The van der Waals surface area contributed by atoms with E-state index in [0.717, 1.165) is 24.6 Å². The van der Waals surface area contributed by atoms with Crippen molar-refractivity contribution < 1.29 is 23.5 Å². The number of carboxylic acid groups (broad SMARTS) is 1. The molecule has 22 heavy (non-hydrogen) atoms. The Labute approximate surface area is 128 Å². The fourth-order valence-corrected chi connectivity index (χ4v) is 2.11. The summed E-state index contributed by atoms with van der Waals surface area (Å²) in [5.41, 5.74) is 0.216. The minimum absolute atomic E-state index is 0.0753. The van der Waals surface area contributed by atoms with Crippen LogP contribution in [0.4, 0.5) is 8.78 Å². The smallest absolute Gasteiger partial charge is 0.326 e. The highest BCUT2D eigenvalue weighted by Gasteiger charge is 2.18. The van der Waals surface area contributed by atoms with Gasteiger partial charge >= 0.3 is 5.97 Å². The molecule has 6 heteroatoms. The zero-order chi connectivity index (χ0) is 16.5. The summed E-state index contributed by atoms with van der Waals surface area (Å²) in [5, 5.41) is 11.5. The SMILES string of the molecule is CCCCC(NC(=O)CCCc1cc(F)ccc1F)C(=O)O. The van der Waals surface area contributed by atoms with Crippen molar-refractivity contribution in [3.63, 3.8) is 0 Å². The molecule has 0 fully saturated rings. The molecule has 0 aliphatic rings. The van der Waals surface area contributed by atoms with Crippen LogP contribution in [0, 0.1) is 11.6 Å². The van der Waals surface area contributed by atoms with Crippen molar-refractivity contribution in [1.29, 1.82) is 0 Å². The number of nitrogens with one attached hydrogen (secondary N) is 1. The molecule has 0 bridgehead atoms. The van der Waals surface area contributed by atoms with Crippen molar-refractivity contribution in [2.45, 2.75) is 51.5 Å². The van der Waals surface area contributed by atoms with Crippen LogP contribution < -0.4 is 5.32 Å². The third-order valence-corrected chi connectivity index (χ3v) is 3.34. The van der Waals surface area contributed by atoms with E-state index < -0.39 is 23.6 Å². The lowest BCUT2D eigenvalue weighted by Crippen LogP contribution is -2.40. The zero-order valence-electron chi connectivity index (χ0n) is 12.6. The van der Waals surface area contributed by atoms with Gasteiger partial charge in [-0.1, -0.05) is 19.8 Å². The molecular formula is C16H21F2NO3. The molecule has 1 aromatic rings. The zero-order valence-corrected chi connectivity index (χ0v) is 12.6. The monoisotopic (exact) mass is 313 g/mol. The van der Waals surface area contributed by atoms with Crippen molar-refractivity contribution in [2.24, 2.45) is 0 Å². The van der Waals surface area contributed by atoms with E-state index in [1.807, 2.05) is 6.92 Å². The molecular weight excluding hydrogens is 292 g/mol. The average molecular weight is 313 g/mol. The number of hydrogen-bond donors (Lipinski definition) is 2. The molecule has 0 heterocycles. The molecule has 1 unspecified atom stereocenters. The third kappa shape index (κ3) is 6.20. The maximum absolute atomic E-state index is 13.4. The number of hydrogen-bond acceptors (Lipinski definition) is 2. The van der Waals surface area contributed by atoms with Crippen LogP contribution >= 0.6 is 0 Å². The highest BCUT2D eigenvalue weighted by molar-refractivity contribution is 5.83.